The Bertz CT molecular complexity index is 536. The van der Waals surface area contributed by atoms with Crippen LogP contribution in [-0.2, 0) is 0 Å². The number of hydrogen-bond donors (Lipinski definition) is 1. The van der Waals surface area contributed by atoms with Gasteiger partial charge >= 0.3 is 0 Å². The first kappa shape index (κ1) is 12.5. The van der Waals surface area contributed by atoms with Crippen molar-refractivity contribution in [3.05, 3.63) is 39.8 Å². The second-order valence-corrected chi connectivity index (χ2v) is 5.51. The molecule has 2 rings (SSSR count). The van der Waals surface area contributed by atoms with Gasteiger partial charge in [0.1, 0.15) is 9.59 Å². The third-order valence-electron chi connectivity index (χ3n) is 2.29. The molecule has 0 spiro atoms. The van der Waals surface area contributed by atoms with Crippen LogP contribution in [0.2, 0.25) is 0 Å². The number of anilines is 2. The van der Waals surface area contributed by atoms with Crippen LogP contribution < -0.4 is 10.6 Å². The maximum absolute atomic E-state index is 5.56. The van der Waals surface area contributed by atoms with E-state index < -0.39 is 0 Å². The van der Waals surface area contributed by atoms with E-state index in [2.05, 4.69) is 20.9 Å². The molecule has 0 saturated heterocycles. The lowest BCUT2D eigenvalue weighted by Gasteiger charge is -2.15. The van der Waals surface area contributed by atoms with Crippen LogP contribution in [0.3, 0.4) is 0 Å². The van der Waals surface area contributed by atoms with E-state index in [4.69, 9.17) is 18.0 Å². The molecule has 0 saturated carbocycles. The first-order valence-electron chi connectivity index (χ1n) is 4.82. The topological polar surface area (TPSA) is 42.1 Å². The van der Waals surface area contributed by atoms with Gasteiger partial charge in [0.15, 0.2) is 5.13 Å². The molecule has 0 fully saturated rings. The predicted molar refractivity (Wildman–Crippen MR) is 80.2 cm³/mol. The van der Waals surface area contributed by atoms with Crippen molar-refractivity contribution >= 4 is 55.3 Å². The maximum atomic E-state index is 5.56. The van der Waals surface area contributed by atoms with Crippen molar-refractivity contribution in [2.24, 2.45) is 5.73 Å². The summed E-state index contributed by atoms with van der Waals surface area (Å²) in [6.07, 6.45) is 0. The number of benzene rings is 1. The van der Waals surface area contributed by atoms with Gasteiger partial charge in [0, 0.05) is 23.7 Å². The van der Waals surface area contributed by atoms with Crippen molar-refractivity contribution in [2.45, 2.75) is 0 Å². The molecule has 0 bridgehead atoms. The van der Waals surface area contributed by atoms with Crippen LogP contribution in [0.15, 0.2) is 34.2 Å². The molecular formula is C11H10BrN3S2. The average Bonchev–Trinajstić information content (AvgIpc) is 2.75. The number of thiazole rings is 1. The Morgan fingerprint density at radius 3 is 2.53 bits per heavy atom. The minimum atomic E-state index is 0.413. The predicted octanol–water partition coefficient (Wildman–Crippen LogP) is 3.31. The molecule has 3 nitrogen and oxygen atoms in total. The molecule has 88 valence electrons. The molecule has 0 aliphatic carbocycles. The summed E-state index contributed by atoms with van der Waals surface area (Å²) in [6, 6.07) is 7.78. The van der Waals surface area contributed by atoms with E-state index in [9.17, 15) is 0 Å². The average molecular weight is 328 g/mol. The number of nitrogens with zero attached hydrogens (tertiary/aromatic N) is 2. The van der Waals surface area contributed by atoms with Crippen molar-refractivity contribution in [3.63, 3.8) is 0 Å². The van der Waals surface area contributed by atoms with E-state index in [1.807, 2.05) is 41.6 Å². The molecule has 0 atom stereocenters. The lowest BCUT2D eigenvalue weighted by molar-refractivity contribution is 1.16. The second kappa shape index (κ2) is 5.12. The molecule has 1 heterocycles. The van der Waals surface area contributed by atoms with Crippen LogP contribution in [-0.4, -0.2) is 17.0 Å². The molecule has 0 amide bonds. The first-order chi connectivity index (χ1) is 8.08. The Morgan fingerprint density at radius 1 is 1.41 bits per heavy atom. The summed E-state index contributed by atoms with van der Waals surface area (Å²) in [7, 11) is 1.97. The smallest absolute Gasteiger partial charge is 0.190 e. The van der Waals surface area contributed by atoms with Gasteiger partial charge in [-0.05, 0) is 40.2 Å². The number of aromatic nitrogens is 1. The Kier molecular flexibility index (Phi) is 3.76. The van der Waals surface area contributed by atoms with Gasteiger partial charge < -0.3 is 10.6 Å². The second-order valence-electron chi connectivity index (χ2n) is 3.42. The highest BCUT2D eigenvalue weighted by Crippen LogP contribution is 2.28. The molecular weight excluding hydrogens is 318 g/mol. The molecule has 1 aromatic carbocycles. The van der Waals surface area contributed by atoms with E-state index in [1.165, 1.54) is 0 Å². The molecule has 0 aliphatic rings. The number of halogens is 1. The summed E-state index contributed by atoms with van der Waals surface area (Å²) in [5.74, 6) is 0. The largest absolute Gasteiger partial charge is 0.389 e. The van der Waals surface area contributed by atoms with Gasteiger partial charge in [0.05, 0.1) is 0 Å². The Labute approximate surface area is 117 Å². The molecule has 2 aromatic rings. The van der Waals surface area contributed by atoms with Gasteiger partial charge in [0.2, 0.25) is 0 Å². The number of rotatable bonds is 3. The lowest BCUT2D eigenvalue weighted by atomic mass is 10.2. The summed E-state index contributed by atoms with van der Waals surface area (Å²) in [6.45, 7) is 0. The molecule has 0 radical (unpaired) electrons. The molecule has 0 unspecified atom stereocenters. The van der Waals surface area contributed by atoms with Crippen LogP contribution in [0.25, 0.3) is 0 Å². The van der Waals surface area contributed by atoms with Crippen LogP contribution in [0.4, 0.5) is 10.8 Å². The zero-order valence-corrected chi connectivity index (χ0v) is 12.3. The van der Waals surface area contributed by atoms with Gasteiger partial charge in [-0.25, -0.2) is 4.98 Å². The fraction of sp³-hybridized carbons (Fsp3) is 0.0909. The highest BCUT2D eigenvalue weighted by Gasteiger charge is 2.08. The third-order valence-corrected chi connectivity index (χ3v) is 4.15. The quantitative estimate of drug-likeness (QED) is 0.878. The van der Waals surface area contributed by atoms with Crippen LogP contribution in [0, 0.1) is 0 Å². The first-order valence-corrected chi connectivity index (χ1v) is 6.90. The molecule has 17 heavy (non-hydrogen) atoms. The standard InChI is InChI=1S/C11H10BrN3S2/c1-15(11-14-9(12)6-17-11)8-4-2-7(3-5-8)10(13)16/h2-6H,1H3,(H2,13,16). The summed E-state index contributed by atoms with van der Waals surface area (Å²) in [5, 5.41) is 2.88. The summed E-state index contributed by atoms with van der Waals surface area (Å²) >= 11 is 9.84. The van der Waals surface area contributed by atoms with Crippen LogP contribution in [0.1, 0.15) is 5.56 Å². The van der Waals surface area contributed by atoms with Gasteiger partial charge in [-0.3, -0.25) is 0 Å². The van der Waals surface area contributed by atoms with E-state index in [0.717, 1.165) is 21.0 Å². The highest BCUT2D eigenvalue weighted by molar-refractivity contribution is 9.10. The normalized spacial score (nSPS) is 10.2. The van der Waals surface area contributed by atoms with Crippen molar-refractivity contribution in [3.8, 4) is 0 Å². The fourth-order valence-corrected chi connectivity index (χ4v) is 2.73. The van der Waals surface area contributed by atoms with E-state index in [1.54, 1.807) is 11.3 Å². The van der Waals surface area contributed by atoms with Crippen LogP contribution in [0.5, 0.6) is 0 Å². The minimum absolute atomic E-state index is 0.413. The SMILES string of the molecule is CN(c1ccc(C(N)=S)cc1)c1nc(Br)cs1. The fourth-order valence-electron chi connectivity index (χ4n) is 1.36. The Morgan fingerprint density at radius 2 is 2.06 bits per heavy atom. The van der Waals surface area contributed by atoms with E-state index >= 15 is 0 Å². The van der Waals surface area contributed by atoms with Crippen molar-refractivity contribution in [1.82, 2.24) is 4.98 Å². The van der Waals surface area contributed by atoms with Crippen molar-refractivity contribution in [1.29, 1.82) is 0 Å². The molecule has 2 N–H and O–H groups in total. The van der Waals surface area contributed by atoms with Gasteiger partial charge in [0.25, 0.3) is 0 Å². The number of thiocarbonyl (C=S) groups is 1. The zero-order chi connectivity index (χ0) is 12.4. The third kappa shape index (κ3) is 2.83. The molecule has 6 heteroatoms. The van der Waals surface area contributed by atoms with E-state index in [0.29, 0.717) is 4.99 Å². The van der Waals surface area contributed by atoms with Gasteiger partial charge in [-0.1, -0.05) is 12.2 Å². The summed E-state index contributed by atoms with van der Waals surface area (Å²) < 4.78 is 0.851. The minimum Gasteiger partial charge on any atom is -0.389 e. The molecule has 1 aromatic heterocycles. The van der Waals surface area contributed by atoms with E-state index in [-0.39, 0.29) is 0 Å². The van der Waals surface area contributed by atoms with Crippen molar-refractivity contribution in [2.75, 3.05) is 11.9 Å². The van der Waals surface area contributed by atoms with Gasteiger partial charge in [-0.2, -0.15) is 0 Å². The summed E-state index contributed by atoms with van der Waals surface area (Å²) in [5.41, 5.74) is 7.48. The highest BCUT2D eigenvalue weighted by atomic mass is 79.9. The molecule has 0 aliphatic heterocycles. The monoisotopic (exact) mass is 327 g/mol. The van der Waals surface area contributed by atoms with Crippen LogP contribution >= 0.6 is 39.5 Å². The number of hydrogen-bond acceptors (Lipinski definition) is 4. The lowest BCUT2D eigenvalue weighted by Crippen LogP contribution is -2.11. The maximum Gasteiger partial charge on any atom is 0.190 e. The number of nitrogens with two attached hydrogens (primary N) is 1. The Balaban J connectivity index is 2.25. The summed E-state index contributed by atoms with van der Waals surface area (Å²) in [4.78, 5) is 6.78. The zero-order valence-electron chi connectivity index (χ0n) is 9.05. The van der Waals surface area contributed by atoms with Crippen molar-refractivity contribution < 1.29 is 0 Å². The van der Waals surface area contributed by atoms with Gasteiger partial charge in [-0.15, -0.1) is 11.3 Å². The Hall–Kier alpha value is -0.980.